The zero-order valence-electron chi connectivity index (χ0n) is 16.0. The summed E-state index contributed by atoms with van der Waals surface area (Å²) in [6.45, 7) is 4.41. The van der Waals surface area contributed by atoms with E-state index in [0.29, 0.717) is 36.5 Å². The molecule has 8 heteroatoms. The Morgan fingerprint density at radius 2 is 2.04 bits per heavy atom. The van der Waals surface area contributed by atoms with Gasteiger partial charge in [0.2, 0.25) is 5.91 Å². The third-order valence-corrected chi connectivity index (χ3v) is 6.60. The van der Waals surface area contributed by atoms with Crippen LogP contribution in [-0.4, -0.2) is 28.5 Å². The van der Waals surface area contributed by atoms with Crippen LogP contribution >= 0.6 is 23.7 Å². The van der Waals surface area contributed by atoms with Gasteiger partial charge in [-0.3, -0.25) is 9.59 Å². The van der Waals surface area contributed by atoms with Crippen LogP contribution in [0.2, 0.25) is 0 Å². The average Bonchev–Trinajstić information content (AvgIpc) is 2.93. The van der Waals surface area contributed by atoms with Crippen LogP contribution < -0.4 is 16.6 Å². The number of nitrogens with one attached hydrogen (secondary N) is 2. The largest absolute Gasteiger partial charge is 0.352 e. The number of carbonyl (C=O) groups excluding carboxylic acids is 1. The van der Waals surface area contributed by atoms with E-state index in [-0.39, 0.29) is 29.9 Å². The molecular weight excluding hydrogens is 384 g/mol. The number of aromatic nitrogens is 2. The Morgan fingerprint density at radius 3 is 2.70 bits per heavy atom. The van der Waals surface area contributed by atoms with E-state index < -0.39 is 0 Å². The van der Waals surface area contributed by atoms with Gasteiger partial charge >= 0.3 is 0 Å². The molecule has 4 N–H and O–H groups in total. The minimum atomic E-state index is -0.116. The topological polar surface area (TPSA) is 101 Å². The van der Waals surface area contributed by atoms with Gasteiger partial charge in [0, 0.05) is 30.3 Å². The quantitative estimate of drug-likeness (QED) is 0.678. The fourth-order valence-electron chi connectivity index (χ4n) is 3.83. The molecule has 3 rings (SSSR count). The van der Waals surface area contributed by atoms with E-state index >= 15 is 0 Å². The molecule has 1 unspecified atom stereocenters. The van der Waals surface area contributed by atoms with Gasteiger partial charge in [-0.2, -0.15) is 0 Å². The molecule has 1 saturated carbocycles. The highest BCUT2D eigenvalue weighted by atomic mass is 35.5. The number of carbonyl (C=O) groups is 1. The molecule has 2 heterocycles. The van der Waals surface area contributed by atoms with Gasteiger partial charge in [-0.05, 0) is 38.2 Å². The van der Waals surface area contributed by atoms with Crippen molar-refractivity contribution in [1.82, 2.24) is 15.3 Å². The summed E-state index contributed by atoms with van der Waals surface area (Å²) >= 11 is 1.53. The molecule has 1 aliphatic rings. The first-order valence-corrected chi connectivity index (χ1v) is 10.3. The Balaban J connectivity index is 0.00000261. The fourth-order valence-corrected chi connectivity index (χ4v) is 4.88. The lowest BCUT2D eigenvalue weighted by atomic mass is 9.84. The number of nitrogens with two attached hydrogens (primary N) is 1. The SMILES string of the molecule is Cc1sc2nc(CCC(=O)NC(CN)C3CCCCC3)[nH]c(=O)c2c1C.Cl. The van der Waals surface area contributed by atoms with Crippen molar-refractivity contribution in [2.75, 3.05) is 6.54 Å². The Hall–Kier alpha value is -1.44. The van der Waals surface area contributed by atoms with Crippen LogP contribution in [0.15, 0.2) is 4.79 Å². The fraction of sp³-hybridized carbons (Fsp3) is 0.632. The van der Waals surface area contributed by atoms with Gasteiger partial charge in [0.15, 0.2) is 0 Å². The van der Waals surface area contributed by atoms with Gasteiger partial charge in [-0.25, -0.2) is 4.98 Å². The normalized spacial score (nSPS) is 16.1. The van der Waals surface area contributed by atoms with Gasteiger partial charge in [0.1, 0.15) is 10.7 Å². The number of aromatic amines is 1. The molecule has 150 valence electrons. The molecule has 2 aromatic heterocycles. The molecule has 0 bridgehead atoms. The number of halogens is 1. The predicted molar refractivity (Wildman–Crippen MR) is 113 cm³/mol. The highest BCUT2D eigenvalue weighted by molar-refractivity contribution is 7.18. The molecule has 0 aliphatic heterocycles. The Bertz CT molecular complexity index is 842. The lowest BCUT2D eigenvalue weighted by Gasteiger charge is -2.30. The minimum Gasteiger partial charge on any atom is -0.352 e. The van der Waals surface area contributed by atoms with Crippen LogP contribution in [0.5, 0.6) is 0 Å². The number of hydrogen-bond acceptors (Lipinski definition) is 5. The summed E-state index contributed by atoms with van der Waals surface area (Å²) in [6, 6.07) is 0.0554. The molecule has 1 aliphatic carbocycles. The second-order valence-corrected chi connectivity index (χ2v) is 8.49. The van der Waals surface area contributed by atoms with Crippen molar-refractivity contribution in [3.63, 3.8) is 0 Å². The summed E-state index contributed by atoms with van der Waals surface area (Å²) in [4.78, 5) is 33.9. The van der Waals surface area contributed by atoms with Gasteiger partial charge in [0.25, 0.3) is 5.56 Å². The Kier molecular flexibility index (Phi) is 7.82. The molecule has 1 atom stereocenters. The summed E-state index contributed by atoms with van der Waals surface area (Å²) in [6.07, 6.45) is 6.75. The van der Waals surface area contributed by atoms with Crippen LogP contribution in [0.4, 0.5) is 0 Å². The standard InChI is InChI=1S/C19H28N4O2S.ClH/c1-11-12(2)26-19-17(11)18(25)22-15(23-19)8-9-16(24)21-14(10-20)13-6-4-3-5-7-13;/h13-14H,3-10,20H2,1-2H3,(H,21,24)(H,22,23,25);1H. The molecule has 0 saturated heterocycles. The van der Waals surface area contributed by atoms with Gasteiger partial charge < -0.3 is 16.0 Å². The molecule has 1 fully saturated rings. The molecule has 2 aromatic rings. The van der Waals surface area contributed by atoms with Crippen molar-refractivity contribution in [2.45, 2.75) is 64.8 Å². The smallest absolute Gasteiger partial charge is 0.259 e. The second-order valence-electron chi connectivity index (χ2n) is 7.28. The van der Waals surface area contributed by atoms with E-state index in [4.69, 9.17) is 5.73 Å². The Morgan fingerprint density at radius 1 is 1.33 bits per heavy atom. The number of fused-ring (bicyclic) bond motifs is 1. The first-order valence-electron chi connectivity index (χ1n) is 9.48. The third kappa shape index (κ3) is 5.09. The van der Waals surface area contributed by atoms with E-state index in [9.17, 15) is 9.59 Å². The summed E-state index contributed by atoms with van der Waals surface area (Å²) in [5.41, 5.74) is 6.76. The molecule has 27 heavy (non-hydrogen) atoms. The molecular formula is C19H29ClN4O2S. The molecule has 6 nitrogen and oxygen atoms in total. The highest BCUT2D eigenvalue weighted by Crippen LogP contribution is 2.27. The summed E-state index contributed by atoms with van der Waals surface area (Å²) in [5.74, 6) is 1.04. The summed E-state index contributed by atoms with van der Waals surface area (Å²) < 4.78 is 0. The summed E-state index contributed by atoms with van der Waals surface area (Å²) in [7, 11) is 0. The number of amides is 1. The number of thiophene rings is 1. The maximum absolute atomic E-state index is 12.4. The van der Waals surface area contributed by atoms with Gasteiger partial charge in [0.05, 0.1) is 5.39 Å². The van der Waals surface area contributed by atoms with E-state index in [1.807, 2.05) is 13.8 Å². The number of H-pyrrole nitrogens is 1. The number of hydrogen-bond donors (Lipinski definition) is 3. The lowest BCUT2D eigenvalue weighted by Crippen LogP contribution is -2.46. The maximum atomic E-state index is 12.4. The van der Waals surface area contributed by atoms with Crippen LogP contribution in [-0.2, 0) is 11.2 Å². The zero-order chi connectivity index (χ0) is 18.7. The van der Waals surface area contributed by atoms with E-state index in [1.54, 1.807) is 0 Å². The molecule has 1 amide bonds. The Labute approximate surface area is 169 Å². The zero-order valence-corrected chi connectivity index (χ0v) is 17.6. The van der Waals surface area contributed by atoms with Crippen molar-refractivity contribution in [2.24, 2.45) is 11.7 Å². The van der Waals surface area contributed by atoms with Crippen molar-refractivity contribution in [1.29, 1.82) is 0 Å². The van der Waals surface area contributed by atoms with Crippen molar-refractivity contribution in [3.05, 3.63) is 26.6 Å². The highest BCUT2D eigenvalue weighted by Gasteiger charge is 2.24. The number of nitrogens with zero attached hydrogens (tertiary/aromatic N) is 1. The number of aryl methyl sites for hydroxylation is 3. The van der Waals surface area contributed by atoms with Crippen LogP contribution in [0.3, 0.4) is 0 Å². The predicted octanol–water partition coefficient (Wildman–Crippen LogP) is 2.98. The average molecular weight is 413 g/mol. The molecule has 0 spiro atoms. The van der Waals surface area contributed by atoms with Crippen molar-refractivity contribution < 1.29 is 4.79 Å². The van der Waals surface area contributed by atoms with E-state index in [0.717, 1.165) is 28.1 Å². The van der Waals surface area contributed by atoms with E-state index in [1.165, 1.54) is 30.6 Å². The second kappa shape index (κ2) is 9.66. The van der Waals surface area contributed by atoms with Gasteiger partial charge in [-0.1, -0.05) is 19.3 Å². The van der Waals surface area contributed by atoms with Gasteiger partial charge in [-0.15, -0.1) is 23.7 Å². The number of rotatable bonds is 6. The third-order valence-electron chi connectivity index (χ3n) is 5.50. The van der Waals surface area contributed by atoms with Crippen LogP contribution in [0.1, 0.15) is 54.8 Å². The first-order chi connectivity index (χ1) is 12.5. The van der Waals surface area contributed by atoms with Crippen LogP contribution in [0.25, 0.3) is 10.2 Å². The van der Waals surface area contributed by atoms with Crippen molar-refractivity contribution in [3.8, 4) is 0 Å². The molecule has 0 aromatic carbocycles. The van der Waals surface area contributed by atoms with Crippen LogP contribution in [0, 0.1) is 19.8 Å². The molecule has 0 radical (unpaired) electrons. The van der Waals surface area contributed by atoms with E-state index in [2.05, 4.69) is 15.3 Å². The van der Waals surface area contributed by atoms with Crippen molar-refractivity contribution >= 4 is 39.9 Å². The maximum Gasteiger partial charge on any atom is 0.259 e. The minimum absolute atomic E-state index is 0. The summed E-state index contributed by atoms with van der Waals surface area (Å²) in [5, 5.41) is 3.76. The first kappa shape index (κ1) is 21.9. The monoisotopic (exact) mass is 412 g/mol. The lowest BCUT2D eigenvalue weighted by molar-refractivity contribution is -0.122.